The molecule has 1 aromatic heterocycles. The van der Waals surface area contributed by atoms with Crippen LogP contribution in [0.15, 0.2) is 91.0 Å². The predicted octanol–water partition coefficient (Wildman–Crippen LogP) is 6.18. The molecule has 0 amide bonds. The third kappa shape index (κ3) is 5.69. The average Bonchev–Trinajstić information content (AvgIpc) is 2.88. The van der Waals surface area contributed by atoms with E-state index in [1.165, 1.54) is 0 Å². The zero-order valence-electron chi connectivity index (χ0n) is 18.4. The molecule has 0 aliphatic rings. The normalized spacial score (nSPS) is 10.3. The molecule has 164 valence electrons. The summed E-state index contributed by atoms with van der Waals surface area (Å²) < 4.78 is 17.6. The highest BCUT2D eigenvalue weighted by Gasteiger charge is 2.15. The topological polar surface area (TPSA) is 64.4 Å². The summed E-state index contributed by atoms with van der Waals surface area (Å²) in [5, 5.41) is 9.74. The van der Waals surface area contributed by atoms with E-state index in [2.05, 4.69) is 11.1 Å². The molecule has 1 heterocycles. The third-order valence-electron chi connectivity index (χ3n) is 5.00. The van der Waals surface area contributed by atoms with Crippen LogP contribution in [0.2, 0.25) is 0 Å². The second-order valence-corrected chi connectivity index (χ2v) is 7.30. The van der Waals surface area contributed by atoms with Gasteiger partial charge in [-0.25, -0.2) is 0 Å². The van der Waals surface area contributed by atoms with E-state index in [0.29, 0.717) is 42.9 Å². The summed E-state index contributed by atoms with van der Waals surface area (Å²) in [5.74, 6) is 1.51. The Morgan fingerprint density at radius 1 is 0.727 bits per heavy atom. The smallest absolute Gasteiger partial charge is 0.225 e. The van der Waals surface area contributed by atoms with Crippen LogP contribution in [0, 0.1) is 11.3 Å². The first kappa shape index (κ1) is 21.9. The van der Waals surface area contributed by atoms with Gasteiger partial charge < -0.3 is 14.2 Å². The maximum atomic E-state index is 9.74. The molecular weight excluding hydrogens is 412 g/mol. The maximum absolute atomic E-state index is 9.74. The van der Waals surface area contributed by atoms with Gasteiger partial charge in [0.1, 0.15) is 19.0 Å². The van der Waals surface area contributed by atoms with Crippen LogP contribution in [-0.2, 0) is 13.2 Å². The summed E-state index contributed by atoms with van der Waals surface area (Å²) in [7, 11) is 0. The van der Waals surface area contributed by atoms with Crippen LogP contribution in [-0.4, -0.2) is 11.6 Å². The van der Waals surface area contributed by atoms with Crippen LogP contribution in [0.25, 0.3) is 11.1 Å². The summed E-state index contributed by atoms with van der Waals surface area (Å²) in [6, 6.07) is 31.2. The Morgan fingerprint density at radius 2 is 1.36 bits per heavy atom. The number of hydrogen-bond donors (Lipinski definition) is 0. The van der Waals surface area contributed by atoms with Crippen LogP contribution in [0.3, 0.4) is 0 Å². The Kier molecular flexibility index (Phi) is 7.19. The van der Waals surface area contributed by atoms with E-state index in [0.717, 1.165) is 22.3 Å². The van der Waals surface area contributed by atoms with Gasteiger partial charge in [0.05, 0.1) is 18.2 Å². The molecule has 0 fully saturated rings. The number of aromatic nitrogens is 1. The standard InChI is InChI=1S/C28H24N2O3/c1-2-31-24-13-14-25(23(17-24)18-29)26-15-16-27(32-19-21-9-5-3-6-10-21)30-28(26)33-20-22-11-7-4-8-12-22/h3-17H,2,19-20H2,1H3. The van der Waals surface area contributed by atoms with Gasteiger partial charge in [0.15, 0.2) is 0 Å². The van der Waals surface area contributed by atoms with Gasteiger partial charge in [-0.1, -0.05) is 60.7 Å². The van der Waals surface area contributed by atoms with E-state index >= 15 is 0 Å². The van der Waals surface area contributed by atoms with Crippen LogP contribution in [0.4, 0.5) is 0 Å². The first-order chi connectivity index (χ1) is 16.3. The van der Waals surface area contributed by atoms with Gasteiger partial charge in [0.25, 0.3) is 0 Å². The van der Waals surface area contributed by atoms with Crippen molar-refractivity contribution < 1.29 is 14.2 Å². The van der Waals surface area contributed by atoms with Crippen LogP contribution >= 0.6 is 0 Å². The lowest BCUT2D eigenvalue weighted by atomic mass is 10.0. The fourth-order valence-electron chi connectivity index (χ4n) is 3.38. The zero-order valence-corrected chi connectivity index (χ0v) is 18.4. The molecule has 0 saturated carbocycles. The highest BCUT2D eigenvalue weighted by molar-refractivity contribution is 5.75. The SMILES string of the molecule is CCOc1ccc(-c2ccc(OCc3ccccc3)nc2OCc2ccccc2)c(C#N)c1. The quantitative estimate of drug-likeness (QED) is 0.314. The fraction of sp³-hybridized carbons (Fsp3) is 0.143. The Hall–Kier alpha value is -4.30. The van der Waals surface area contributed by atoms with E-state index in [1.54, 1.807) is 12.1 Å². The molecule has 0 aliphatic heterocycles. The number of benzene rings is 3. The molecule has 3 aromatic carbocycles. The Balaban J connectivity index is 1.65. The van der Waals surface area contributed by atoms with Crippen molar-refractivity contribution in [3.8, 4) is 34.7 Å². The molecule has 0 saturated heterocycles. The molecule has 5 nitrogen and oxygen atoms in total. The molecular formula is C28H24N2O3. The van der Waals surface area contributed by atoms with Gasteiger partial charge in [-0.2, -0.15) is 10.2 Å². The summed E-state index contributed by atoms with van der Waals surface area (Å²) in [5.41, 5.74) is 4.01. The molecule has 5 heteroatoms. The summed E-state index contributed by atoms with van der Waals surface area (Å²) in [6.45, 7) is 3.19. The lowest BCUT2D eigenvalue weighted by molar-refractivity contribution is 0.268. The Labute approximate surface area is 193 Å². The number of nitrogens with zero attached hydrogens (tertiary/aromatic N) is 2. The first-order valence-corrected chi connectivity index (χ1v) is 10.8. The largest absolute Gasteiger partial charge is 0.494 e. The van der Waals surface area contributed by atoms with E-state index in [1.807, 2.05) is 85.8 Å². The minimum atomic E-state index is 0.349. The summed E-state index contributed by atoms with van der Waals surface area (Å²) >= 11 is 0. The molecule has 0 bridgehead atoms. The van der Waals surface area contributed by atoms with Crippen LogP contribution < -0.4 is 14.2 Å². The summed E-state index contributed by atoms with van der Waals surface area (Å²) in [6.07, 6.45) is 0. The number of pyridine rings is 1. The van der Waals surface area contributed by atoms with Gasteiger partial charge in [0, 0.05) is 17.2 Å². The number of hydrogen-bond acceptors (Lipinski definition) is 5. The van der Waals surface area contributed by atoms with Gasteiger partial charge in [-0.05, 0) is 42.3 Å². The lowest BCUT2D eigenvalue weighted by Crippen LogP contribution is -2.03. The van der Waals surface area contributed by atoms with E-state index < -0.39 is 0 Å². The van der Waals surface area contributed by atoms with Crippen molar-refractivity contribution in [3.63, 3.8) is 0 Å². The van der Waals surface area contributed by atoms with Gasteiger partial charge in [0.2, 0.25) is 11.8 Å². The molecule has 33 heavy (non-hydrogen) atoms. The second-order valence-electron chi connectivity index (χ2n) is 7.30. The second kappa shape index (κ2) is 10.8. The number of rotatable bonds is 9. The summed E-state index contributed by atoms with van der Waals surface area (Å²) in [4.78, 5) is 4.63. The third-order valence-corrected chi connectivity index (χ3v) is 5.00. The fourth-order valence-corrected chi connectivity index (χ4v) is 3.38. The van der Waals surface area contributed by atoms with Crippen molar-refractivity contribution in [1.29, 1.82) is 5.26 Å². The molecule has 0 radical (unpaired) electrons. The number of ether oxygens (including phenoxy) is 3. The van der Waals surface area contributed by atoms with Crippen molar-refractivity contribution in [2.75, 3.05) is 6.61 Å². The van der Waals surface area contributed by atoms with Gasteiger partial charge >= 0.3 is 0 Å². The zero-order chi connectivity index (χ0) is 22.9. The molecule has 0 aliphatic carbocycles. The predicted molar refractivity (Wildman–Crippen MR) is 127 cm³/mol. The molecule has 0 unspecified atom stereocenters. The molecule has 0 N–H and O–H groups in total. The highest BCUT2D eigenvalue weighted by Crippen LogP contribution is 2.35. The minimum absolute atomic E-state index is 0.349. The maximum Gasteiger partial charge on any atom is 0.225 e. The lowest BCUT2D eigenvalue weighted by Gasteiger charge is -2.15. The molecule has 0 spiro atoms. The van der Waals surface area contributed by atoms with E-state index in [4.69, 9.17) is 14.2 Å². The van der Waals surface area contributed by atoms with Crippen molar-refractivity contribution in [2.45, 2.75) is 20.1 Å². The van der Waals surface area contributed by atoms with E-state index in [9.17, 15) is 5.26 Å². The van der Waals surface area contributed by atoms with Crippen molar-refractivity contribution in [1.82, 2.24) is 4.98 Å². The number of nitriles is 1. The highest BCUT2D eigenvalue weighted by atomic mass is 16.5. The molecule has 4 rings (SSSR count). The Morgan fingerprint density at radius 3 is 2.00 bits per heavy atom. The first-order valence-electron chi connectivity index (χ1n) is 10.8. The van der Waals surface area contributed by atoms with E-state index in [-0.39, 0.29) is 0 Å². The van der Waals surface area contributed by atoms with Crippen molar-refractivity contribution in [3.05, 3.63) is 108 Å². The minimum Gasteiger partial charge on any atom is -0.494 e. The van der Waals surface area contributed by atoms with Crippen LogP contribution in [0.5, 0.6) is 17.5 Å². The average molecular weight is 437 g/mol. The Bertz CT molecular complexity index is 1240. The van der Waals surface area contributed by atoms with Crippen molar-refractivity contribution >= 4 is 0 Å². The molecule has 0 atom stereocenters. The van der Waals surface area contributed by atoms with Gasteiger partial charge in [-0.3, -0.25) is 0 Å². The monoisotopic (exact) mass is 436 g/mol. The van der Waals surface area contributed by atoms with Gasteiger partial charge in [-0.15, -0.1) is 0 Å². The van der Waals surface area contributed by atoms with Crippen LogP contribution in [0.1, 0.15) is 23.6 Å². The molecule has 4 aromatic rings. The van der Waals surface area contributed by atoms with Crippen molar-refractivity contribution in [2.24, 2.45) is 0 Å².